The third-order valence-electron chi connectivity index (χ3n) is 2.77. The van der Waals surface area contributed by atoms with Gasteiger partial charge in [-0.15, -0.1) is 0 Å². The van der Waals surface area contributed by atoms with Crippen LogP contribution < -0.4 is 9.47 Å². The predicted octanol–water partition coefficient (Wildman–Crippen LogP) is 3.71. The zero-order chi connectivity index (χ0) is 14.5. The van der Waals surface area contributed by atoms with Gasteiger partial charge in [0.2, 0.25) is 0 Å². The van der Waals surface area contributed by atoms with Crippen LogP contribution in [0, 0.1) is 5.82 Å². The van der Waals surface area contributed by atoms with E-state index >= 15 is 0 Å². The van der Waals surface area contributed by atoms with Crippen LogP contribution in [0.2, 0.25) is 0 Å². The first-order chi connectivity index (χ1) is 9.60. The Balaban J connectivity index is 2.04. The van der Waals surface area contributed by atoms with Crippen molar-refractivity contribution in [3.05, 3.63) is 58.3 Å². The predicted molar refractivity (Wildman–Crippen MR) is 77.5 cm³/mol. The molecule has 0 bridgehead atoms. The molecule has 106 valence electrons. The van der Waals surface area contributed by atoms with E-state index < -0.39 is 6.10 Å². The van der Waals surface area contributed by atoms with Crippen LogP contribution in [-0.2, 0) is 0 Å². The topological polar surface area (TPSA) is 38.7 Å². The largest absolute Gasteiger partial charge is 0.497 e. The normalized spacial score (nSPS) is 12.0. The summed E-state index contributed by atoms with van der Waals surface area (Å²) in [5.74, 6) is 0.625. The summed E-state index contributed by atoms with van der Waals surface area (Å²) in [5, 5.41) is 10.1. The Hall–Kier alpha value is -1.59. The molecule has 0 radical (unpaired) electrons. The van der Waals surface area contributed by atoms with E-state index in [0.717, 1.165) is 0 Å². The maximum Gasteiger partial charge on any atom is 0.136 e. The lowest BCUT2D eigenvalue weighted by molar-refractivity contribution is 0.107. The molecule has 1 unspecified atom stereocenters. The molecule has 1 atom stereocenters. The number of benzene rings is 2. The van der Waals surface area contributed by atoms with Gasteiger partial charge in [-0.3, -0.25) is 0 Å². The van der Waals surface area contributed by atoms with Gasteiger partial charge in [0.25, 0.3) is 0 Å². The molecule has 2 rings (SSSR count). The van der Waals surface area contributed by atoms with Gasteiger partial charge in [-0.1, -0.05) is 12.1 Å². The highest BCUT2D eigenvalue weighted by Crippen LogP contribution is 2.27. The van der Waals surface area contributed by atoms with E-state index in [4.69, 9.17) is 9.47 Å². The van der Waals surface area contributed by atoms with Crippen molar-refractivity contribution >= 4 is 15.9 Å². The van der Waals surface area contributed by atoms with E-state index in [1.165, 1.54) is 12.1 Å². The highest BCUT2D eigenvalue weighted by molar-refractivity contribution is 9.10. The minimum atomic E-state index is -0.819. The number of methoxy groups -OCH3 is 1. The van der Waals surface area contributed by atoms with Crippen molar-refractivity contribution in [3.8, 4) is 11.5 Å². The number of aliphatic hydroxyl groups excluding tert-OH is 1. The molecule has 0 amide bonds. The van der Waals surface area contributed by atoms with Crippen molar-refractivity contribution in [1.29, 1.82) is 0 Å². The lowest BCUT2D eigenvalue weighted by Gasteiger charge is -2.14. The van der Waals surface area contributed by atoms with Gasteiger partial charge in [0.05, 0.1) is 11.6 Å². The first kappa shape index (κ1) is 14.8. The molecule has 1 N–H and O–H groups in total. The molecule has 0 fully saturated rings. The third-order valence-corrected chi connectivity index (χ3v) is 3.42. The molecule has 3 nitrogen and oxygen atoms in total. The molecule has 0 aliphatic heterocycles. The van der Waals surface area contributed by atoms with Crippen molar-refractivity contribution in [1.82, 2.24) is 0 Å². The molecule has 0 aromatic heterocycles. The van der Waals surface area contributed by atoms with E-state index in [1.54, 1.807) is 37.4 Å². The van der Waals surface area contributed by atoms with Crippen LogP contribution in [0.25, 0.3) is 0 Å². The Morgan fingerprint density at radius 1 is 1.25 bits per heavy atom. The summed E-state index contributed by atoms with van der Waals surface area (Å²) in [6.45, 7) is 0.0230. The number of hydrogen-bond donors (Lipinski definition) is 1. The van der Waals surface area contributed by atoms with Gasteiger partial charge < -0.3 is 14.6 Å². The van der Waals surface area contributed by atoms with Crippen LogP contribution in [-0.4, -0.2) is 18.8 Å². The lowest BCUT2D eigenvalue weighted by Crippen LogP contribution is -2.10. The van der Waals surface area contributed by atoms with E-state index in [-0.39, 0.29) is 12.4 Å². The highest BCUT2D eigenvalue weighted by Gasteiger charge is 2.11. The van der Waals surface area contributed by atoms with Crippen LogP contribution in [0.15, 0.2) is 46.9 Å². The Bertz CT molecular complexity index is 589. The summed E-state index contributed by atoms with van der Waals surface area (Å²) in [7, 11) is 1.56. The van der Waals surface area contributed by atoms with Crippen LogP contribution >= 0.6 is 15.9 Å². The average Bonchev–Trinajstić information content (AvgIpc) is 2.48. The molecule has 2 aromatic rings. The first-order valence-corrected chi connectivity index (χ1v) is 6.79. The summed E-state index contributed by atoms with van der Waals surface area (Å²) < 4.78 is 24.3. The number of ether oxygens (including phenoxy) is 2. The van der Waals surface area contributed by atoms with Gasteiger partial charge >= 0.3 is 0 Å². The average molecular weight is 341 g/mol. The summed E-state index contributed by atoms with van der Waals surface area (Å²) in [4.78, 5) is 0. The van der Waals surface area contributed by atoms with Crippen LogP contribution in [0.4, 0.5) is 4.39 Å². The van der Waals surface area contributed by atoms with Gasteiger partial charge in [0.15, 0.2) is 0 Å². The molecular weight excluding hydrogens is 327 g/mol. The molecule has 0 heterocycles. The van der Waals surface area contributed by atoms with Gasteiger partial charge in [0.1, 0.15) is 30.0 Å². The maximum atomic E-state index is 13.1. The Morgan fingerprint density at radius 3 is 2.80 bits per heavy atom. The van der Waals surface area contributed by atoms with Crippen molar-refractivity contribution in [3.63, 3.8) is 0 Å². The fourth-order valence-electron chi connectivity index (χ4n) is 1.70. The number of rotatable bonds is 5. The van der Waals surface area contributed by atoms with E-state index in [9.17, 15) is 9.50 Å². The minimum Gasteiger partial charge on any atom is -0.497 e. The van der Waals surface area contributed by atoms with E-state index in [0.29, 0.717) is 21.5 Å². The molecule has 20 heavy (non-hydrogen) atoms. The fraction of sp³-hybridized carbons (Fsp3) is 0.200. The second kappa shape index (κ2) is 6.72. The Morgan fingerprint density at radius 2 is 2.05 bits per heavy atom. The Kier molecular flexibility index (Phi) is 4.98. The molecule has 0 aliphatic rings. The van der Waals surface area contributed by atoms with Crippen molar-refractivity contribution in [2.24, 2.45) is 0 Å². The number of hydrogen-bond acceptors (Lipinski definition) is 3. The summed E-state index contributed by atoms with van der Waals surface area (Å²) in [5.41, 5.74) is 0.678. The fourth-order valence-corrected chi connectivity index (χ4v) is 2.06. The second-order valence-corrected chi connectivity index (χ2v) is 5.03. The minimum absolute atomic E-state index is 0.0230. The summed E-state index contributed by atoms with van der Waals surface area (Å²) in [6, 6.07) is 11.2. The highest BCUT2D eigenvalue weighted by atomic mass is 79.9. The van der Waals surface area contributed by atoms with Gasteiger partial charge in [-0.05, 0) is 45.8 Å². The third kappa shape index (κ3) is 3.71. The molecule has 0 aliphatic carbocycles. The monoisotopic (exact) mass is 340 g/mol. The molecule has 2 aromatic carbocycles. The first-order valence-electron chi connectivity index (χ1n) is 6.00. The molecule has 0 spiro atoms. The Labute approximate surface area is 125 Å². The van der Waals surface area contributed by atoms with Gasteiger partial charge in [-0.2, -0.15) is 0 Å². The lowest BCUT2D eigenvalue weighted by atomic mass is 10.1. The number of halogens is 2. The quantitative estimate of drug-likeness (QED) is 0.901. The summed E-state index contributed by atoms with van der Waals surface area (Å²) >= 11 is 3.27. The van der Waals surface area contributed by atoms with Crippen molar-refractivity contribution < 1.29 is 19.0 Å². The van der Waals surface area contributed by atoms with Crippen molar-refractivity contribution in [2.75, 3.05) is 13.7 Å². The molecule has 0 saturated carbocycles. The SMILES string of the molecule is COc1cccc(C(O)COc2cc(F)ccc2Br)c1. The zero-order valence-electron chi connectivity index (χ0n) is 10.8. The van der Waals surface area contributed by atoms with E-state index in [2.05, 4.69) is 15.9 Å². The zero-order valence-corrected chi connectivity index (χ0v) is 12.4. The second-order valence-electron chi connectivity index (χ2n) is 4.18. The van der Waals surface area contributed by atoms with Gasteiger partial charge in [0, 0.05) is 6.07 Å². The van der Waals surface area contributed by atoms with E-state index in [1.807, 2.05) is 0 Å². The standard InChI is InChI=1S/C15H14BrFO3/c1-19-12-4-2-3-10(7-12)14(18)9-20-15-8-11(17)5-6-13(15)16/h2-8,14,18H,9H2,1H3. The molecular formula is C15H14BrFO3. The van der Waals surface area contributed by atoms with Gasteiger partial charge in [-0.25, -0.2) is 4.39 Å². The number of aliphatic hydroxyl groups is 1. The maximum absolute atomic E-state index is 13.1. The van der Waals surface area contributed by atoms with Crippen LogP contribution in [0.3, 0.4) is 0 Å². The summed E-state index contributed by atoms with van der Waals surface area (Å²) in [6.07, 6.45) is -0.819. The molecule has 5 heteroatoms. The van der Waals surface area contributed by atoms with Crippen LogP contribution in [0.1, 0.15) is 11.7 Å². The van der Waals surface area contributed by atoms with Crippen molar-refractivity contribution in [2.45, 2.75) is 6.10 Å². The smallest absolute Gasteiger partial charge is 0.136 e. The van der Waals surface area contributed by atoms with Crippen LogP contribution in [0.5, 0.6) is 11.5 Å². The molecule has 0 saturated heterocycles.